The molecule has 0 spiro atoms. The Morgan fingerprint density at radius 3 is 2.34 bits per heavy atom. The van der Waals surface area contributed by atoms with E-state index in [0.717, 1.165) is 25.9 Å². The number of ether oxygens (including phenoxy) is 1. The van der Waals surface area contributed by atoms with Gasteiger partial charge in [0.15, 0.2) is 5.82 Å². The van der Waals surface area contributed by atoms with Gasteiger partial charge in [0.05, 0.1) is 17.5 Å². The van der Waals surface area contributed by atoms with Gasteiger partial charge in [-0.2, -0.15) is 20.1 Å². The summed E-state index contributed by atoms with van der Waals surface area (Å²) in [5, 5.41) is 23.4. The fourth-order valence-electron chi connectivity index (χ4n) is 2.42. The fraction of sp³-hybridized carbons (Fsp3) is 0.500. The fourth-order valence-corrected chi connectivity index (χ4v) is 2.42. The lowest BCUT2D eigenvalue weighted by Crippen LogP contribution is -2.30. The van der Waals surface area contributed by atoms with Crippen LogP contribution in [0.25, 0.3) is 0 Å². The van der Waals surface area contributed by atoms with Crippen LogP contribution in [-0.4, -0.2) is 56.7 Å². The van der Waals surface area contributed by atoms with Crippen LogP contribution in [-0.2, 0) is 0 Å². The molecule has 1 heterocycles. The van der Waals surface area contributed by atoms with Crippen LogP contribution in [0, 0.1) is 0 Å². The van der Waals surface area contributed by atoms with E-state index in [2.05, 4.69) is 44.2 Å². The molecule has 0 bridgehead atoms. The Hall–Kier alpha value is -2.94. The summed E-state index contributed by atoms with van der Waals surface area (Å²) in [5.41, 5.74) is 2.57. The maximum Gasteiger partial charge on any atom is 0.321 e. The van der Waals surface area contributed by atoms with E-state index in [-0.39, 0.29) is 18.4 Å². The Morgan fingerprint density at radius 1 is 1.10 bits per heavy atom. The van der Waals surface area contributed by atoms with Gasteiger partial charge in [-0.3, -0.25) is 5.43 Å². The minimum Gasteiger partial charge on any atom is -0.508 e. The molecule has 9 heteroatoms. The molecule has 0 amide bonds. The van der Waals surface area contributed by atoms with Crippen molar-refractivity contribution in [2.75, 3.05) is 30.0 Å². The van der Waals surface area contributed by atoms with Gasteiger partial charge >= 0.3 is 6.01 Å². The van der Waals surface area contributed by atoms with E-state index in [9.17, 15) is 10.2 Å². The highest BCUT2D eigenvalue weighted by Gasteiger charge is 2.17. The number of anilines is 2. The van der Waals surface area contributed by atoms with Gasteiger partial charge in [-0.15, -0.1) is 0 Å². The first-order valence-corrected chi connectivity index (χ1v) is 9.75. The summed E-state index contributed by atoms with van der Waals surface area (Å²) in [6.45, 7) is 9.18. The molecule has 29 heavy (non-hydrogen) atoms. The first-order valence-electron chi connectivity index (χ1n) is 9.75. The predicted octanol–water partition coefficient (Wildman–Crippen LogP) is 2.80. The number of hydrogen-bond acceptors (Lipinski definition) is 9. The van der Waals surface area contributed by atoms with Crippen LogP contribution < -0.4 is 15.1 Å². The molecular formula is C20H30N6O3. The van der Waals surface area contributed by atoms with E-state index in [0.29, 0.717) is 17.5 Å². The molecule has 0 fully saturated rings. The number of aliphatic hydroxyl groups is 1. The van der Waals surface area contributed by atoms with Crippen LogP contribution in [0.4, 0.5) is 11.6 Å². The number of phenolic OH excluding ortho intramolecular Hbond substituents is 1. The first-order chi connectivity index (χ1) is 13.8. The van der Waals surface area contributed by atoms with E-state index >= 15 is 0 Å². The van der Waals surface area contributed by atoms with Gasteiger partial charge in [0, 0.05) is 13.1 Å². The number of benzene rings is 1. The summed E-state index contributed by atoms with van der Waals surface area (Å²) >= 11 is 0. The molecule has 0 aliphatic heterocycles. The number of hydrogen-bond donors (Lipinski definition) is 3. The van der Waals surface area contributed by atoms with Crippen LogP contribution in [0.15, 0.2) is 29.4 Å². The molecule has 0 aliphatic rings. The Bertz CT molecular complexity index is 784. The van der Waals surface area contributed by atoms with Crippen molar-refractivity contribution in [3.63, 3.8) is 0 Å². The van der Waals surface area contributed by atoms with Crippen LogP contribution >= 0.6 is 0 Å². The van der Waals surface area contributed by atoms with Gasteiger partial charge in [0.1, 0.15) is 12.4 Å². The van der Waals surface area contributed by atoms with E-state index in [1.807, 2.05) is 0 Å². The largest absolute Gasteiger partial charge is 0.508 e. The second kappa shape index (κ2) is 10.6. The smallest absolute Gasteiger partial charge is 0.321 e. The van der Waals surface area contributed by atoms with Crippen LogP contribution in [0.1, 0.15) is 46.4 Å². The number of aromatic nitrogens is 3. The van der Waals surface area contributed by atoms with Crippen molar-refractivity contribution in [2.24, 2.45) is 5.10 Å². The maximum atomic E-state index is 9.92. The highest BCUT2D eigenvalue weighted by molar-refractivity contribution is 5.75. The topological polar surface area (TPSA) is 116 Å². The molecule has 9 nitrogen and oxygen atoms in total. The second-order valence-corrected chi connectivity index (χ2v) is 7.28. The summed E-state index contributed by atoms with van der Waals surface area (Å²) in [7, 11) is 0. The molecule has 2 rings (SSSR count). The van der Waals surface area contributed by atoms with Gasteiger partial charge in [-0.25, -0.2) is 0 Å². The van der Waals surface area contributed by atoms with Crippen molar-refractivity contribution in [3.05, 3.63) is 30.1 Å². The molecule has 1 aromatic carbocycles. The molecule has 0 unspecified atom stereocenters. The number of hydrazone groups is 1. The molecular weight excluding hydrogens is 372 g/mol. The summed E-state index contributed by atoms with van der Waals surface area (Å²) in [6.07, 6.45) is 3.39. The van der Waals surface area contributed by atoms with Gasteiger partial charge in [-0.1, -0.05) is 13.8 Å². The Kier molecular flexibility index (Phi) is 8.14. The van der Waals surface area contributed by atoms with E-state index < -0.39 is 5.60 Å². The monoisotopic (exact) mass is 402 g/mol. The molecule has 2 aromatic rings. The van der Waals surface area contributed by atoms with Crippen molar-refractivity contribution in [1.82, 2.24) is 15.0 Å². The minimum atomic E-state index is -1.01. The van der Waals surface area contributed by atoms with E-state index in [1.54, 1.807) is 38.1 Å². The summed E-state index contributed by atoms with van der Waals surface area (Å²) in [4.78, 5) is 15.2. The third kappa shape index (κ3) is 7.90. The van der Waals surface area contributed by atoms with Crippen molar-refractivity contribution < 1.29 is 14.9 Å². The van der Waals surface area contributed by atoms with Crippen LogP contribution in [0.5, 0.6) is 11.8 Å². The molecule has 3 N–H and O–H groups in total. The zero-order valence-corrected chi connectivity index (χ0v) is 17.5. The molecule has 0 aliphatic carbocycles. The lowest BCUT2D eigenvalue weighted by molar-refractivity contribution is 0.0249. The minimum absolute atomic E-state index is 0.0559. The predicted molar refractivity (Wildman–Crippen MR) is 114 cm³/mol. The molecule has 0 saturated heterocycles. The summed E-state index contributed by atoms with van der Waals surface area (Å²) in [6, 6.07) is 6.67. The zero-order chi connectivity index (χ0) is 21.3. The van der Waals surface area contributed by atoms with Crippen LogP contribution in [0.2, 0.25) is 0 Å². The number of nitrogens with one attached hydrogen (secondary N) is 1. The highest BCUT2D eigenvalue weighted by atomic mass is 16.5. The quantitative estimate of drug-likeness (QED) is 0.298. The normalized spacial score (nSPS) is 11.6. The summed E-state index contributed by atoms with van der Waals surface area (Å²) in [5.74, 6) is 1.03. The zero-order valence-electron chi connectivity index (χ0n) is 17.5. The molecule has 0 saturated carbocycles. The SMILES string of the molecule is CCCN(CCC)c1nc(/C=N/Nc2ccc(O)cc2)nc(OCC(C)(C)O)n1. The highest BCUT2D eigenvalue weighted by Crippen LogP contribution is 2.15. The second-order valence-electron chi connectivity index (χ2n) is 7.28. The maximum absolute atomic E-state index is 9.92. The summed E-state index contributed by atoms with van der Waals surface area (Å²) < 4.78 is 5.59. The van der Waals surface area contributed by atoms with Crippen molar-refractivity contribution in [2.45, 2.75) is 46.1 Å². The van der Waals surface area contributed by atoms with Gasteiger partial charge < -0.3 is 19.8 Å². The first kappa shape index (κ1) is 22.4. The van der Waals surface area contributed by atoms with Gasteiger partial charge in [0.2, 0.25) is 5.95 Å². The third-order valence-corrected chi connectivity index (χ3v) is 3.69. The lowest BCUT2D eigenvalue weighted by Gasteiger charge is -2.22. The number of nitrogens with zero attached hydrogens (tertiary/aromatic N) is 5. The van der Waals surface area contributed by atoms with Gasteiger partial charge in [-0.05, 0) is 51.0 Å². The van der Waals surface area contributed by atoms with Gasteiger partial charge in [0.25, 0.3) is 0 Å². The Morgan fingerprint density at radius 2 is 1.76 bits per heavy atom. The Balaban J connectivity index is 2.24. The number of rotatable bonds is 11. The Labute approximate surface area is 171 Å². The van der Waals surface area contributed by atoms with Crippen LogP contribution in [0.3, 0.4) is 0 Å². The van der Waals surface area contributed by atoms with E-state index in [1.165, 1.54) is 6.21 Å². The standard InChI is InChI=1S/C20H30N6O3/c1-5-11-26(12-6-2)18-22-17(23-19(24-18)29-14-20(3,4)28)13-21-25-15-7-9-16(27)10-8-15/h7-10,13,25,27-28H,5-6,11-12,14H2,1-4H3/b21-13+. The number of aromatic hydroxyl groups is 1. The average molecular weight is 402 g/mol. The lowest BCUT2D eigenvalue weighted by atomic mass is 10.2. The average Bonchev–Trinajstić information content (AvgIpc) is 2.67. The molecule has 0 radical (unpaired) electrons. The number of phenols is 1. The third-order valence-electron chi connectivity index (χ3n) is 3.69. The van der Waals surface area contributed by atoms with E-state index in [4.69, 9.17) is 4.74 Å². The molecule has 158 valence electrons. The van der Waals surface area contributed by atoms with Crippen molar-refractivity contribution in [3.8, 4) is 11.8 Å². The van der Waals surface area contributed by atoms with Crippen molar-refractivity contribution >= 4 is 17.9 Å². The molecule has 0 atom stereocenters. The van der Waals surface area contributed by atoms with Crippen molar-refractivity contribution in [1.29, 1.82) is 0 Å². The molecule has 1 aromatic heterocycles.